The third-order valence-electron chi connectivity index (χ3n) is 6.84. The summed E-state index contributed by atoms with van der Waals surface area (Å²) in [6, 6.07) is -0.0931. The van der Waals surface area contributed by atoms with Crippen molar-refractivity contribution in [2.45, 2.75) is 75.8 Å². The molecule has 12 heteroatoms. The second-order valence-electron chi connectivity index (χ2n) is 10.9. The van der Waals surface area contributed by atoms with E-state index in [2.05, 4.69) is 5.32 Å². The maximum atomic E-state index is 14.3. The van der Waals surface area contributed by atoms with Crippen molar-refractivity contribution in [1.82, 2.24) is 14.5 Å². The summed E-state index contributed by atoms with van der Waals surface area (Å²) in [7, 11) is -3.35. The Morgan fingerprint density at radius 1 is 1.08 bits per heavy atom. The number of ether oxygens (including phenoxy) is 1. The van der Waals surface area contributed by atoms with Gasteiger partial charge in [0.15, 0.2) is 11.6 Å². The number of amides is 2. The molecule has 2 aliphatic heterocycles. The predicted molar refractivity (Wildman–Crippen MR) is 125 cm³/mol. The molecule has 1 saturated carbocycles. The molecule has 0 spiro atoms. The molecule has 200 valence electrons. The lowest BCUT2D eigenvalue weighted by atomic mass is 10.0. The van der Waals surface area contributed by atoms with Crippen molar-refractivity contribution in [3.63, 3.8) is 0 Å². The Bertz CT molecular complexity index is 1140. The van der Waals surface area contributed by atoms with E-state index < -0.39 is 45.2 Å². The van der Waals surface area contributed by atoms with Crippen LogP contribution in [0.1, 0.15) is 52.0 Å². The third kappa shape index (κ3) is 5.96. The molecule has 8 nitrogen and oxygen atoms in total. The molecule has 4 rings (SSSR count). The number of hydrogen-bond donors (Lipinski definition) is 1. The Labute approximate surface area is 209 Å². The van der Waals surface area contributed by atoms with E-state index in [1.54, 1.807) is 25.7 Å². The monoisotopic (exact) mass is 531 g/mol. The van der Waals surface area contributed by atoms with Gasteiger partial charge in [-0.25, -0.2) is 26.4 Å². The van der Waals surface area contributed by atoms with Gasteiger partial charge in [0.25, 0.3) is 0 Å². The van der Waals surface area contributed by atoms with Gasteiger partial charge in [0, 0.05) is 44.2 Å². The third-order valence-corrected chi connectivity index (χ3v) is 9.17. The van der Waals surface area contributed by atoms with Crippen molar-refractivity contribution in [2.75, 3.05) is 19.6 Å². The van der Waals surface area contributed by atoms with E-state index in [9.17, 15) is 31.2 Å². The molecular formula is C24H32F3N3O5S. The summed E-state index contributed by atoms with van der Waals surface area (Å²) in [6.45, 7) is 6.04. The first kappa shape index (κ1) is 26.7. The maximum absolute atomic E-state index is 14.3. The quantitative estimate of drug-likeness (QED) is 0.546. The second-order valence-corrected chi connectivity index (χ2v) is 13.1. The van der Waals surface area contributed by atoms with Gasteiger partial charge in [-0.2, -0.15) is 4.31 Å². The van der Waals surface area contributed by atoms with Crippen molar-refractivity contribution in [2.24, 2.45) is 5.92 Å². The van der Waals surface area contributed by atoms with Gasteiger partial charge in [-0.15, -0.1) is 0 Å². The van der Waals surface area contributed by atoms with Gasteiger partial charge in [0.2, 0.25) is 15.9 Å². The molecule has 2 saturated heterocycles. The standard InChI is InChI=1S/C24H32F3N3O5S/c1-24(2,3)35-23(32)28-16(8-15-9-19(26)20(27)11-18(15)25)10-22(31)30-7-6-14-12-29(13-21(14)30)36(33,34)17-4-5-17/h9,11,14,16-17,21H,4-8,10,12-13H2,1-3H3,(H,28,32)/t14-,16+,21+/m0/s1. The highest BCUT2D eigenvalue weighted by atomic mass is 32.2. The van der Waals surface area contributed by atoms with E-state index in [4.69, 9.17) is 4.74 Å². The molecule has 1 aromatic carbocycles. The van der Waals surface area contributed by atoms with Crippen molar-refractivity contribution in [1.29, 1.82) is 0 Å². The SMILES string of the molecule is CC(C)(C)OC(=O)N[C@@H](CC(=O)N1CC[C@H]2CN(S(=O)(=O)C3CC3)C[C@H]21)Cc1cc(F)c(F)cc1F. The highest BCUT2D eigenvalue weighted by Crippen LogP contribution is 2.38. The molecule has 3 aliphatic rings. The van der Waals surface area contributed by atoms with Crippen LogP contribution in [0.4, 0.5) is 18.0 Å². The molecule has 0 aromatic heterocycles. The molecule has 3 atom stereocenters. The van der Waals surface area contributed by atoms with Crippen LogP contribution in [0.15, 0.2) is 12.1 Å². The summed E-state index contributed by atoms with van der Waals surface area (Å²) in [5, 5.41) is 2.23. The Hall–Kier alpha value is -2.34. The van der Waals surface area contributed by atoms with Gasteiger partial charge in [-0.1, -0.05) is 0 Å². The molecule has 0 radical (unpaired) electrons. The molecule has 0 bridgehead atoms. The zero-order chi connectivity index (χ0) is 26.4. The summed E-state index contributed by atoms with van der Waals surface area (Å²) < 4.78 is 73.6. The molecule has 1 aliphatic carbocycles. The number of hydrogen-bond acceptors (Lipinski definition) is 5. The van der Waals surface area contributed by atoms with E-state index >= 15 is 0 Å². The summed E-state index contributed by atoms with van der Waals surface area (Å²) in [5.41, 5.74) is -1.02. The number of fused-ring (bicyclic) bond motifs is 1. The summed E-state index contributed by atoms with van der Waals surface area (Å²) in [6.07, 6.45) is 0.652. The lowest BCUT2D eigenvalue weighted by molar-refractivity contribution is -0.132. The zero-order valence-corrected chi connectivity index (χ0v) is 21.4. The smallest absolute Gasteiger partial charge is 0.407 e. The number of nitrogens with one attached hydrogen (secondary N) is 1. The van der Waals surface area contributed by atoms with Gasteiger partial charge in [0.1, 0.15) is 11.4 Å². The number of sulfonamides is 1. The number of benzene rings is 1. The van der Waals surface area contributed by atoms with Crippen molar-refractivity contribution < 1.29 is 35.9 Å². The van der Waals surface area contributed by atoms with E-state index in [1.807, 2.05) is 0 Å². The lowest BCUT2D eigenvalue weighted by Gasteiger charge is -2.28. The first-order chi connectivity index (χ1) is 16.7. The van der Waals surface area contributed by atoms with Crippen molar-refractivity contribution in [3.05, 3.63) is 35.1 Å². The average molecular weight is 532 g/mol. The number of carbonyl (C=O) groups is 2. The van der Waals surface area contributed by atoms with Crippen molar-refractivity contribution in [3.8, 4) is 0 Å². The Morgan fingerprint density at radius 2 is 1.75 bits per heavy atom. The molecule has 2 amide bonds. The fourth-order valence-electron chi connectivity index (χ4n) is 4.98. The van der Waals surface area contributed by atoms with Crippen LogP contribution >= 0.6 is 0 Å². The van der Waals surface area contributed by atoms with Crippen molar-refractivity contribution >= 4 is 22.0 Å². The first-order valence-electron chi connectivity index (χ1n) is 12.2. The number of rotatable bonds is 7. The highest BCUT2D eigenvalue weighted by molar-refractivity contribution is 7.90. The van der Waals surface area contributed by atoms with Crippen LogP contribution in [-0.2, 0) is 26.0 Å². The lowest BCUT2D eigenvalue weighted by Crippen LogP contribution is -2.46. The van der Waals surface area contributed by atoms with Crippen LogP contribution in [0, 0.1) is 23.4 Å². The van der Waals surface area contributed by atoms with E-state index in [0.717, 1.165) is 0 Å². The predicted octanol–water partition coefficient (Wildman–Crippen LogP) is 2.95. The van der Waals surface area contributed by atoms with E-state index in [1.165, 1.54) is 4.31 Å². The van der Waals surface area contributed by atoms with E-state index in [-0.39, 0.29) is 48.1 Å². The minimum Gasteiger partial charge on any atom is -0.444 e. The number of carbonyl (C=O) groups excluding carboxylic acids is 2. The van der Waals surface area contributed by atoms with E-state index in [0.29, 0.717) is 44.5 Å². The zero-order valence-electron chi connectivity index (χ0n) is 20.6. The fourth-order valence-corrected chi connectivity index (χ4v) is 6.89. The minimum atomic E-state index is -3.35. The number of alkyl carbamates (subject to hydrolysis) is 1. The number of nitrogens with zero attached hydrogens (tertiary/aromatic N) is 2. The number of halogens is 3. The maximum Gasteiger partial charge on any atom is 0.407 e. The molecule has 1 aromatic rings. The largest absolute Gasteiger partial charge is 0.444 e. The molecule has 2 heterocycles. The van der Waals surface area contributed by atoms with Crippen LogP contribution in [0.3, 0.4) is 0 Å². The molecular weight excluding hydrogens is 499 g/mol. The molecule has 0 unspecified atom stereocenters. The highest BCUT2D eigenvalue weighted by Gasteiger charge is 2.50. The van der Waals surface area contributed by atoms with Crippen LogP contribution < -0.4 is 5.32 Å². The fraction of sp³-hybridized carbons (Fsp3) is 0.667. The minimum absolute atomic E-state index is 0.0309. The Morgan fingerprint density at radius 3 is 2.39 bits per heavy atom. The molecule has 3 fully saturated rings. The topological polar surface area (TPSA) is 96.0 Å². The van der Waals surface area contributed by atoms with Crippen LogP contribution in [0.25, 0.3) is 0 Å². The normalized spacial score (nSPS) is 23.4. The molecule has 1 N–H and O–H groups in total. The van der Waals surface area contributed by atoms with Gasteiger partial charge in [-0.3, -0.25) is 4.79 Å². The summed E-state index contributed by atoms with van der Waals surface area (Å²) in [5.74, 6) is -3.87. The second kappa shape index (κ2) is 9.85. The Kier molecular flexibility index (Phi) is 7.31. The van der Waals surface area contributed by atoms with Crippen LogP contribution in [-0.4, -0.2) is 72.2 Å². The Balaban J connectivity index is 1.47. The first-order valence-corrected chi connectivity index (χ1v) is 13.7. The average Bonchev–Trinajstić information content (AvgIpc) is 3.40. The van der Waals surface area contributed by atoms with Gasteiger partial charge >= 0.3 is 6.09 Å². The summed E-state index contributed by atoms with van der Waals surface area (Å²) in [4.78, 5) is 27.3. The van der Waals surface area contributed by atoms with Gasteiger partial charge < -0.3 is 15.0 Å². The van der Waals surface area contributed by atoms with Gasteiger partial charge in [0.05, 0.1) is 5.25 Å². The van der Waals surface area contributed by atoms with Crippen LogP contribution in [0.5, 0.6) is 0 Å². The molecule has 36 heavy (non-hydrogen) atoms. The summed E-state index contributed by atoms with van der Waals surface area (Å²) >= 11 is 0. The van der Waals surface area contributed by atoms with Gasteiger partial charge in [-0.05, 0) is 64.0 Å². The van der Waals surface area contributed by atoms with Crippen LogP contribution in [0.2, 0.25) is 0 Å². The number of likely N-dealkylation sites (tertiary alicyclic amines) is 1.